The minimum atomic E-state index is -1.79. The summed E-state index contributed by atoms with van der Waals surface area (Å²) in [6.07, 6.45) is -16.1. The smallest absolute Gasteiger partial charge is 0.187 e. The summed E-state index contributed by atoms with van der Waals surface area (Å²) in [4.78, 5) is 0. The van der Waals surface area contributed by atoms with Crippen LogP contribution in [0.2, 0.25) is 0 Å². The highest BCUT2D eigenvalue weighted by Gasteiger charge is 2.85. The van der Waals surface area contributed by atoms with Gasteiger partial charge in [0.1, 0.15) is 67.1 Å². The minimum absolute atomic E-state index is 0.0480. The number of rotatable bonds is 9. The topological polar surface area (TPSA) is 287 Å². The summed E-state index contributed by atoms with van der Waals surface area (Å²) < 4.78 is 44.6. The Balaban J connectivity index is 1.04. The highest BCUT2D eigenvalue weighted by Crippen LogP contribution is 2.89. The minimum Gasteiger partial charge on any atom is -0.394 e. The monoisotopic (exact) mass is 945 g/mol. The molecule has 9 fully saturated rings. The number of ether oxygens (including phenoxy) is 7. The molecule has 0 bridgehead atoms. The van der Waals surface area contributed by atoms with Crippen molar-refractivity contribution in [3.63, 3.8) is 0 Å². The Morgan fingerprint density at radius 2 is 1.20 bits per heavy atom. The Labute approximate surface area is 387 Å². The van der Waals surface area contributed by atoms with Gasteiger partial charge in [0.2, 0.25) is 0 Å². The molecule has 26 atom stereocenters. The quantitative estimate of drug-likeness (QED) is 0.134. The molecule has 2 spiro atoms. The van der Waals surface area contributed by atoms with Crippen molar-refractivity contribution in [1.82, 2.24) is 0 Å². The van der Waals surface area contributed by atoms with E-state index in [2.05, 4.69) is 55.4 Å². The van der Waals surface area contributed by atoms with Crippen molar-refractivity contribution in [2.45, 2.75) is 229 Å². The van der Waals surface area contributed by atoms with E-state index in [0.717, 1.165) is 32.1 Å². The molecule has 0 amide bonds. The fraction of sp³-hybridized carbons (Fsp3) is 1.00. The number of aliphatic hydroxyl groups excluding tert-OH is 11. The second kappa shape index (κ2) is 16.9. The third-order valence-corrected chi connectivity index (χ3v) is 19.9. The number of hydrogen-bond donors (Lipinski definition) is 11. The standard InChI is InChI=1S/C48H80O18/c1-42(2,3)27-9-11-46(8,66-27)37-21(51)16-45(7)26-15-23(61-39-34(58)32(56)30(54)24(17-49)62-39)38-43(4,5)28(10-12-48(38)20-47(26,48)14-13-44(37,45)6)64-41-36(29(53)22(52)19-60-41)65-40-35(59)33(57)31(55)25(18-50)63-40/h21-41,49-59H,9-20H2,1-8H3/t21-,22?,23-,24?,25?,26?,27?,28-,29?,30?,31?,32?,33?,34?,35?,36?,37?,38?,39?,40?,41?,44+,45-,46+,47?,48?/m0/s1. The Morgan fingerprint density at radius 1 is 0.591 bits per heavy atom. The van der Waals surface area contributed by atoms with Gasteiger partial charge in [0.15, 0.2) is 18.9 Å². The van der Waals surface area contributed by atoms with Crippen molar-refractivity contribution < 1.29 is 89.3 Å². The van der Waals surface area contributed by atoms with Gasteiger partial charge in [-0.05, 0) is 109 Å². The molecule has 0 aromatic heterocycles. The highest BCUT2D eigenvalue weighted by molar-refractivity contribution is 5.33. The zero-order chi connectivity index (χ0) is 48.1. The first-order chi connectivity index (χ1) is 30.7. The van der Waals surface area contributed by atoms with E-state index in [4.69, 9.17) is 33.2 Å². The van der Waals surface area contributed by atoms with Gasteiger partial charge in [0, 0.05) is 5.92 Å². The summed E-state index contributed by atoms with van der Waals surface area (Å²) in [5, 5.41) is 119. The molecule has 18 heteroatoms. The van der Waals surface area contributed by atoms with Gasteiger partial charge in [-0.3, -0.25) is 0 Å². The molecule has 5 saturated carbocycles. The number of fused-ring (bicyclic) bond motifs is 2. The highest BCUT2D eigenvalue weighted by atomic mass is 16.8. The van der Waals surface area contributed by atoms with Crippen molar-refractivity contribution in [1.29, 1.82) is 0 Å². The average molecular weight is 945 g/mol. The summed E-state index contributed by atoms with van der Waals surface area (Å²) in [6.45, 7) is 16.1. The van der Waals surface area contributed by atoms with Crippen molar-refractivity contribution in [3.8, 4) is 0 Å². The molecule has 4 saturated heterocycles. The lowest BCUT2D eigenvalue weighted by molar-refractivity contribution is -0.369. The molecular weight excluding hydrogens is 865 g/mol. The van der Waals surface area contributed by atoms with E-state index in [-0.39, 0.29) is 57.5 Å². The summed E-state index contributed by atoms with van der Waals surface area (Å²) in [6, 6.07) is 0. The van der Waals surface area contributed by atoms with E-state index < -0.39 is 129 Å². The molecule has 0 radical (unpaired) electrons. The van der Waals surface area contributed by atoms with E-state index >= 15 is 0 Å². The molecule has 11 N–H and O–H groups in total. The first-order valence-electron chi connectivity index (χ1n) is 24.7. The van der Waals surface area contributed by atoms with Crippen LogP contribution in [0.15, 0.2) is 0 Å². The summed E-state index contributed by atoms with van der Waals surface area (Å²) in [5.41, 5.74) is -2.38. The fourth-order valence-electron chi connectivity index (χ4n) is 16.4. The van der Waals surface area contributed by atoms with Crippen LogP contribution in [0.25, 0.3) is 0 Å². The van der Waals surface area contributed by atoms with Crippen LogP contribution in [0.5, 0.6) is 0 Å². The fourth-order valence-corrected chi connectivity index (χ4v) is 16.4. The van der Waals surface area contributed by atoms with Gasteiger partial charge < -0.3 is 89.3 Å². The zero-order valence-electron chi connectivity index (χ0n) is 39.9. The van der Waals surface area contributed by atoms with E-state index in [1.54, 1.807) is 0 Å². The van der Waals surface area contributed by atoms with Gasteiger partial charge in [-0.2, -0.15) is 0 Å². The molecule has 0 aromatic rings. The van der Waals surface area contributed by atoms with E-state index in [9.17, 15) is 56.2 Å². The average Bonchev–Trinajstić information content (AvgIpc) is 3.62. The van der Waals surface area contributed by atoms with Gasteiger partial charge in [-0.15, -0.1) is 0 Å². The summed E-state index contributed by atoms with van der Waals surface area (Å²) >= 11 is 0. The van der Waals surface area contributed by atoms with Gasteiger partial charge in [-0.25, -0.2) is 0 Å². The SMILES string of the molecule is CC(C)(C)C1CC[C@](C)(C2[C@@H](O)C[C@@]3(C)C4C[C@H](OC5OC(CO)C(O)C(O)C5O)C5C(C)(C)[C@@H](OC6OCC(O)C(O)C6OC6OC(CO)C(O)C(O)C6O)CCC56CC46CC[C@]23C)O1. The van der Waals surface area contributed by atoms with Crippen molar-refractivity contribution in [2.75, 3.05) is 19.8 Å². The van der Waals surface area contributed by atoms with Crippen LogP contribution in [-0.4, -0.2) is 192 Å². The van der Waals surface area contributed by atoms with Crippen LogP contribution in [0.3, 0.4) is 0 Å². The molecule has 5 aliphatic carbocycles. The van der Waals surface area contributed by atoms with Crippen LogP contribution < -0.4 is 0 Å². The second-order valence-corrected chi connectivity index (χ2v) is 24.6. The Kier molecular flexibility index (Phi) is 12.9. The number of aliphatic hydroxyl groups is 11. The van der Waals surface area contributed by atoms with E-state index in [1.807, 2.05) is 0 Å². The predicted molar refractivity (Wildman–Crippen MR) is 230 cm³/mol. The Hall–Kier alpha value is -0.720. The van der Waals surface area contributed by atoms with Crippen LogP contribution in [0.1, 0.15) is 113 Å². The molecule has 4 aliphatic heterocycles. The Bertz CT molecular complexity index is 1760. The maximum atomic E-state index is 12.4. The van der Waals surface area contributed by atoms with Crippen molar-refractivity contribution in [2.24, 2.45) is 50.2 Å². The van der Waals surface area contributed by atoms with E-state index in [0.29, 0.717) is 25.7 Å². The molecule has 66 heavy (non-hydrogen) atoms. The first kappa shape index (κ1) is 50.2. The van der Waals surface area contributed by atoms with Crippen LogP contribution in [0.4, 0.5) is 0 Å². The lowest BCUT2D eigenvalue weighted by atomic mass is 9.41. The zero-order valence-corrected chi connectivity index (χ0v) is 39.9. The molecule has 0 aromatic carbocycles. The molecular formula is C48H80O18. The first-order valence-corrected chi connectivity index (χ1v) is 24.7. The molecule has 9 rings (SSSR count). The van der Waals surface area contributed by atoms with Gasteiger partial charge in [0.25, 0.3) is 0 Å². The summed E-state index contributed by atoms with van der Waals surface area (Å²) in [5.74, 6) is -0.296. The third kappa shape index (κ3) is 7.31. The van der Waals surface area contributed by atoms with Gasteiger partial charge in [0.05, 0.1) is 49.8 Å². The maximum Gasteiger partial charge on any atom is 0.187 e. The number of hydrogen-bond acceptors (Lipinski definition) is 18. The van der Waals surface area contributed by atoms with Crippen LogP contribution in [-0.2, 0) is 33.2 Å². The van der Waals surface area contributed by atoms with Gasteiger partial charge in [-0.1, -0.05) is 48.5 Å². The molecule has 380 valence electrons. The Morgan fingerprint density at radius 3 is 1.77 bits per heavy atom. The summed E-state index contributed by atoms with van der Waals surface area (Å²) in [7, 11) is 0. The molecule has 18 nitrogen and oxygen atoms in total. The second-order valence-electron chi connectivity index (χ2n) is 24.6. The van der Waals surface area contributed by atoms with E-state index in [1.165, 1.54) is 0 Å². The van der Waals surface area contributed by atoms with Crippen LogP contribution >= 0.6 is 0 Å². The molecule has 20 unspecified atom stereocenters. The van der Waals surface area contributed by atoms with Crippen molar-refractivity contribution >= 4 is 0 Å². The van der Waals surface area contributed by atoms with Crippen LogP contribution in [0, 0.1) is 50.2 Å². The predicted octanol–water partition coefficient (Wildman–Crippen LogP) is -0.176. The third-order valence-electron chi connectivity index (χ3n) is 19.9. The normalized spacial score (nSPS) is 58.0. The van der Waals surface area contributed by atoms with Crippen molar-refractivity contribution in [3.05, 3.63) is 0 Å². The lowest BCUT2D eigenvalue weighted by Gasteiger charge is -2.65. The largest absolute Gasteiger partial charge is 0.394 e. The van der Waals surface area contributed by atoms with Gasteiger partial charge >= 0.3 is 0 Å². The molecule has 4 heterocycles. The molecule has 9 aliphatic rings. The lowest BCUT2D eigenvalue weighted by Crippen LogP contribution is -2.66. The maximum absolute atomic E-state index is 12.4.